The zero-order chi connectivity index (χ0) is 11.5. The van der Waals surface area contributed by atoms with E-state index >= 15 is 0 Å². The van der Waals surface area contributed by atoms with Crippen LogP contribution in [0.25, 0.3) is 0 Å². The third-order valence-corrected chi connectivity index (χ3v) is 2.65. The van der Waals surface area contributed by atoms with E-state index < -0.39 is 11.9 Å². The molecule has 84 valence electrons. The highest BCUT2D eigenvalue weighted by Crippen LogP contribution is 2.29. The van der Waals surface area contributed by atoms with Crippen molar-refractivity contribution in [1.82, 2.24) is 5.32 Å². The molecule has 1 aliphatic rings. The molecule has 0 radical (unpaired) electrons. The molecule has 0 aliphatic heterocycles. The molecule has 0 bridgehead atoms. The summed E-state index contributed by atoms with van der Waals surface area (Å²) < 4.78 is 0. The Morgan fingerprint density at radius 2 is 1.88 bits per heavy atom. The molecule has 0 aromatic heterocycles. The van der Waals surface area contributed by atoms with Crippen molar-refractivity contribution in [2.24, 2.45) is 11.7 Å². The van der Waals surface area contributed by atoms with Gasteiger partial charge in [0.15, 0.2) is 0 Å². The van der Waals surface area contributed by atoms with Crippen molar-refractivity contribution in [3.05, 3.63) is 35.9 Å². The summed E-state index contributed by atoms with van der Waals surface area (Å²) in [7, 11) is 0. The van der Waals surface area contributed by atoms with E-state index in [0.29, 0.717) is 0 Å². The van der Waals surface area contributed by atoms with Crippen molar-refractivity contribution in [3.63, 3.8) is 0 Å². The topological polar surface area (TPSA) is 72.2 Å². The van der Waals surface area contributed by atoms with Crippen LogP contribution >= 0.6 is 0 Å². The molecule has 1 atom stereocenters. The minimum Gasteiger partial charge on any atom is -0.368 e. The normalized spacial score (nSPS) is 16.5. The standard InChI is InChI=1S/C12H14N2O2/c13-11(15)10(8-4-2-1-3-5-8)14-12(16)9-6-7-9/h1-5,9-10H,6-7H2,(H2,13,15)(H,14,16)/t10-/m0/s1. The van der Waals surface area contributed by atoms with E-state index in [-0.39, 0.29) is 11.8 Å². The number of primary amides is 1. The Balaban J connectivity index is 2.11. The molecule has 4 heteroatoms. The fourth-order valence-electron chi connectivity index (χ4n) is 1.57. The first-order valence-electron chi connectivity index (χ1n) is 5.33. The van der Waals surface area contributed by atoms with Gasteiger partial charge in [-0.15, -0.1) is 0 Å². The number of carbonyl (C=O) groups excluding carboxylic acids is 2. The average Bonchev–Trinajstić information content (AvgIpc) is 3.10. The summed E-state index contributed by atoms with van der Waals surface area (Å²) in [6.07, 6.45) is 1.82. The van der Waals surface area contributed by atoms with Crippen LogP contribution in [0.1, 0.15) is 24.4 Å². The molecule has 0 spiro atoms. The predicted octanol–water partition coefficient (Wildman–Crippen LogP) is 0.739. The molecule has 1 saturated carbocycles. The second kappa shape index (κ2) is 4.35. The number of amides is 2. The van der Waals surface area contributed by atoms with Crippen molar-refractivity contribution in [2.45, 2.75) is 18.9 Å². The van der Waals surface area contributed by atoms with Gasteiger partial charge in [0, 0.05) is 5.92 Å². The van der Waals surface area contributed by atoms with Gasteiger partial charge in [0.1, 0.15) is 6.04 Å². The fraction of sp³-hybridized carbons (Fsp3) is 0.333. The van der Waals surface area contributed by atoms with Crippen molar-refractivity contribution in [2.75, 3.05) is 0 Å². The van der Waals surface area contributed by atoms with Gasteiger partial charge < -0.3 is 11.1 Å². The summed E-state index contributed by atoms with van der Waals surface area (Å²) in [6, 6.07) is 8.33. The molecular formula is C12H14N2O2. The van der Waals surface area contributed by atoms with E-state index in [1.54, 1.807) is 12.1 Å². The number of nitrogens with two attached hydrogens (primary N) is 1. The van der Waals surface area contributed by atoms with Gasteiger partial charge in [-0.1, -0.05) is 30.3 Å². The average molecular weight is 218 g/mol. The highest BCUT2D eigenvalue weighted by Gasteiger charge is 2.32. The maximum atomic E-state index is 11.6. The molecule has 0 saturated heterocycles. The number of rotatable bonds is 4. The molecule has 3 N–H and O–H groups in total. The summed E-state index contributed by atoms with van der Waals surface area (Å²) in [5, 5.41) is 2.68. The van der Waals surface area contributed by atoms with Crippen LogP contribution in [0, 0.1) is 5.92 Å². The summed E-state index contributed by atoms with van der Waals surface area (Å²) in [5.74, 6) is -0.529. The van der Waals surface area contributed by atoms with E-state index in [1.807, 2.05) is 18.2 Å². The van der Waals surface area contributed by atoms with E-state index in [4.69, 9.17) is 5.73 Å². The Hall–Kier alpha value is -1.84. The molecule has 4 nitrogen and oxygen atoms in total. The third-order valence-electron chi connectivity index (χ3n) is 2.65. The maximum Gasteiger partial charge on any atom is 0.244 e. The van der Waals surface area contributed by atoms with Crippen LogP contribution in [0.4, 0.5) is 0 Å². The van der Waals surface area contributed by atoms with Crippen LogP contribution in [0.15, 0.2) is 30.3 Å². The van der Waals surface area contributed by atoms with Crippen LogP contribution in [0.5, 0.6) is 0 Å². The van der Waals surface area contributed by atoms with Crippen molar-refractivity contribution < 1.29 is 9.59 Å². The zero-order valence-electron chi connectivity index (χ0n) is 8.85. The molecule has 16 heavy (non-hydrogen) atoms. The van der Waals surface area contributed by atoms with Crippen LogP contribution in [0.3, 0.4) is 0 Å². The number of hydrogen-bond acceptors (Lipinski definition) is 2. The Labute approximate surface area is 93.8 Å². The SMILES string of the molecule is NC(=O)[C@@H](NC(=O)C1CC1)c1ccccc1. The van der Waals surface area contributed by atoms with Gasteiger partial charge in [-0.25, -0.2) is 0 Å². The number of carbonyl (C=O) groups is 2. The highest BCUT2D eigenvalue weighted by molar-refractivity contribution is 5.89. The molecule has 0 unspecified atom stereocenters. The lowest BCUT2D eigenvalue weighted by Crippen LogP contribution is -2.38. The second-order valence-corrected chi connectivity index (χ2v) is 4.03. The van der Waals surface area contributed by atoms with Crippen LogP contribution in [0.2, 0.25) is 0 Å². The number of benzene rings is 1. The van der Waals surface area contributed by atoms with E-state index in [0.717, 1.165) is 18.4 Å². The minimum atomic E-state index is -0.714. The monoisotopic (exact) mass is 218 g/mol. The molecule has 1 aromatic carbocycles. The zero-order valence-corrected chi connectivity index (χ0v) is 8.85. The first kappa shape index (κ1) is 10.7. The largest absolute Gasteiger partial charge is 0.368 e. The van der Waals surface area contributed by atoms with Crippen LogP contribution in [-0.2, 0) is 9.59 Å². The minimum absolute atomic E-state index is 0.0746. The maximum absolute atomic E-state index is 11.6. The fourth-order valence-corrected chi connectivity index (χ4v) is 1.57. The van der Waals surface area contributed by atoms with E-state index in [1.165, 1.54) is 0 Å². The van der Waals surface area contributed by atoms with Gasteiger partial charge in [-0.05, 0) is 18.4 Å². The third kappa shape index (κ3) is 2.39. The smallest absolute Gasteiger partial charge is 0.244 e. The Morgan fingerprint density at radius 1 is 1.25 bits per heavy atom. The van der Waals surface area contributed by atoms with Gasteiger partial charge in [0.2, 0.25) is 11.8 Å². The molecule has 0 heterocycles. The quantitative estimate of drug-likeness (QED) is 0.782. The summed E-state index contributed by atoms with van der Waals surface area (Å²) in [4.78, 5) is 22.9. The second-order valence-electron chi connectivity index (χ2n) is 4.03. The lowest BCUT2D eigenvalue weighted by molar-refractivity contribution is -0.128. The van der Waals surface area contributed by atoms with Crippen LogP contribution < -0.4 is 11.1 Å². The first-order valence-corrected chi connectivity index (χ1v) is 5.33. The lowest BCUT2D eigenvalue weighted by atomic mass is 10.1. The number of nitrogens with one attached hydrogen (secondary N) is 1. The number of hydrogen-bond donors (Lipinski definition) is 2. The van der Waals surface area contributed by atoms with E-state index in [9.17, 15) is 9.59 Å². The van der Waals surface area contributed by atoms with Gasteiger partial charge in [-0.3, -0.25) is 9.59 Å². The van der Waals surface area contributed by atoms with Crippen molar-refractivity contribution >= 4 is 11.8 Å². The van der Waals surface area contributed by atoms with E-state index in [2.05, 4.69) is 5.32 Å². The predicted molar refractivity (Wildman–Crippen MR) is 59.2 cm³/mol. The Morgan fingerprint density at radius 3 is 2.38 bits per heavy atom. The molecule has 2 amide bonds. The van der Waals surface area contributed by atoms with Gasteiger partial charge in [0.05, 0.1) is 0 Å². The molecule has 1 fully saturated rings. The summed E-state index contributed by atoms with van der Waals surface area (Å²) in [6.45, 7) is 0. The summed E-state index contributed by atoms with van der Waals surface area (Å²) >= 11 is 0. The Kier molecular flexibility index (Phi) is 2.90. The van der Waals surface area contributed by atoms with Gasteiger partial charge >= 0.3 is 0 Å². The first-order chi connectivity index (χ1) is 7.68. The van der Waals surface area contributed by atoms with Crippen LogP contribution in [-0.4, -0.2) is 11.8 Å². The van der Waals surface area contributed by atoms with Crippen molar-refractivity contribution in [1.29, 1.82) is 0 Å². The molecule has 2 rings (SSSR count). The van der Waals surface area contributed by atoms with Crippen molar-refractivity contribution in [3.8, 4) is 0 Å². The highest BCUT2D eigenvalue weighted by atomic mass is 16.2. The van der Waals surface area contributed by atoms with Gasteiger partial charge in [0.25, 0.3) is 0 Å². The van der Waals surface area contributed by atoms with Gasteiger partial charge in [-0.2, -0.15) is 0 Å². The lowest BCUT2D eigenvalue weighted by Gasteiger charge is -2.15. The molecular weight excluding hydrogens is 204 g/mol. The molecule has 1 aliphatic carbocycles. The Bertz CT molecular complexity index is 399. The summed E-state index contributed by atoms with van der Waals surface area (Å²) in [5.41, 5.74) is 6.01. The molecule has 1 aromatic rings.